The summed E-state index contributed by atoms with van der Waals surface area (Å²) in [5.41, 5.74) is 2.88. The molecule has 0 aliphatic rings. The Labute approximate surface area is 164 Å². The van der Waals surface area contributed by atoms with Gasteiger partial charge in [0.05, 0.1) is 12.1 Å². The van der Waals surface area contributed by atoms with E-state index in [-0.39, 0.29) is 5.91 Å². The molecule has 0 spiro atoms. The van der Waals surface area contributed by atoms with Crippen LogP contribution in [0.15, 0.2) is 46.8 Å². The monoisotopic (exact) mass is 405 g/mol. The molecule has 134 valence electrons. The fraction of sp³-hybridized carbons (Fsp3) is 0.167. The van der Waals surface area contributed by atoms with Crippen molar-refractivity contribution >= 4 is 45.7 Å². The molecular weight excluding hydrogens is 390 g/mol. The summed E-state index contributed by atoms with van der Waals surface area (Å²) in [7, 11) is 1.53. The van der Waals surface area contributed by atoms with Gasteiger partial charge in [0.25, 0.3) is 5.91 Å². The summed E-state index contributed by atoms with van der Waals surface area (Å²) in [6, 6.07) is 13.2. The number of halogens is 1. The van der Waals surface area contributed by atoms with E-state index in [9.17, 15) is 4.79 Å². The SMILES string of the molecule is COc1ccc(C(=O)Nc2nnc(SCc3ccc(C)cc3)s2)cc1Cl. The van der Waals surface area contributed by atoms with Crippen molar-refractivity contribution in [1.82, 2.24) is 10.2 Å². The molecule has 5 nitrogen and oxygen atoms in total. The Balaban J connectivity index is 1.60. The lowest BCUT2D eigenvalue weighted by Crippen LogP contribution is -2.11. The standard InChI is InChI=1S/C18H16ClN3O2S2/c1-11-3-5-12(6-4-11)10-25-18-22-21-17(26-18)20-16(23)13-7-8-15(24-2)14(19)9-13/h3-9H,10H2,1-2H3,(H,20,21,23). The van der Waals surface area contributed by atoms with Crippen molar-refractivity contribution in [3.8, 4) is 5.75 Å². The Kier molecular flexibility index (Phi) is 6.13. The van der Waals surface area contributed by atoms with Crippen LogP contribution >= 0.6 is 34.7 Å². The van der Waals surface area contributed by atoms with E-state index in [2.05, 4.69) is 46.7 Å². The topological polar surface area (TPSA) is 64.1 Å². The maximum absolute atomic E-state index is 12.3. The number of nitrogens with zero attached hydrogens (tertiary/aromatic N) is 2. The molecule has 0 aliphatic heterocycles. The van der Waals surface area contributed by atoms with E-state index < -0.39 is 0 Å². The number of aromatic nitrogens is 2. The number of rotatable bonds is 6. The number of amides is 1. The molecule has 1 N–H and O–H groups in total. The van der Waals surface area contributed by atoms with Gasteiger partial charge < -0.3 is 4.74 Å². The van der Waals surface area contributed by atoms with Crippen LogP contribution in [0.2, 0.25) is 5.02 Å². The normalized spacial score (nSPS) is 10.6. The van der Waals surface area contributed by atoms with Crippen molar-refractivity contribution in [3.63, 3.8) is 0 Å². The van der Waals surface area contributed by atoms with Crippen LogP contribution in [0, 0.1) is 6.92 Å². The fourth-order valence-electron chi connectivity index (χ4n) is 2.12. The predicted octanol–water partition coefficient (Wildman–Crippen LogP) is 5.05. The number of thioether (sulfide) groups is 1. The van der Waals surface area contributed by atoms with Crippen molar-refractivity contribution < 1.29 is 9.53 Å². The largest absolute Gasteiger partial charge is 0.495 e. The number of hydrogen-bond acceptors (Lipinski definition) is 6. The molecule has 3 aromatic rings. The van der Waals surface area contributed by atoms with Crippen LogP contribution in [0.25, 0.3) is 0 Å². The van der Waals surface area contributed by atoms with Crippen LogP contribution in [-0.4, -0.2) is 23.2 Å². The maximum atomic E-state index is 12.3. The van der Waals surface area contributed by atoms with Crippen LogP contribution in [0.1, 0.15) is 21.5 Å². The third kappa shape index (κ3) is 4.75. The summed E-state index contributed by atoms with van der Waals surface area (Å²) < 4.78 is 5.88. The van der Waals surface area contributed by atoms with Gasteiger partial charge in [0.2, 0.25) is 5.13 Å². The average molecular weight is 406 g/mol. The second-order valence-electron chi connectivity index (χ2n) is 5.45. The highest BCUT2D eigenvalue weighted by Gasteiger charge is 2.12. The molecule has 0 aliphatic carbocycles. The molecule has 3 rings (SSSR count). The van der Waals surface area contributed by atoms with Crippen molar-refractivity contribution in [2.75, 3.05) is 12.4 Å². The van der Waals surface area contributed by atoms with Crippen molar-refractivity contribution in [2.45, 2.75) is 17.0 Å². The van der Waals surface area contributed by atoms with Gasteiger partial charge in [0.1, 0.15) is 5.75 Å². The number of anilines is 1. The minimum absolute atomic E-state index is 0.291. The Bertz CT molecular complexity index is 913. The van der Waals surface area contributed by atoms with Crippen LogP contribution in [0.5, 0.6) is 5.75 Å². The van der Waals surface area contributed by atoms with Crippen LogP contribution in [0.4, 0.5) is 5.13 Å². The van der Waals surface area contributed by atoms with Gasteiger partial charge in [-0.15, -0.1) is 10.2 Å². The van der Waals surface area contributed by atoms with Gasteiger partial charge in [0.15, 0.2) is 4.34 Å². The molecule has 0 bridgehead atoms. The highest BCUT2D eigenvalue weighted by atomic mass is 35.5. The highest BCUT2D eigenvalue weighted by molar-refractivity contribution is 8.00. The number of aryl methyl sites for hydroxylation is 1. The third-order valence-electron chi connectivity index (χ3n) is 3.52. The van der Waals surface area contributed by atoms with E-state index in [1.807, 2.05) is 0 Å². The first kappa shape index (κ1) is 18.7. The Morgan fingerprint density at radius 1 is 1.23 bits per heavy atom. The average Bonchev–Trinajstić information content (AvgIpc) is 3.08. The molecule has 0 atom stereocenters. The van der Waals surface area contributed by atoms with Gasteiger partial charge in [-0.1, -0.05) is 64.5 Å². The second-order valence-corrected chi connectivity index (χ2v) is 8.06. The lowest BCUT2D eigenvalue weighted by atomic mass is 10.2. The smallest absolute Gasteiger partial charge is 0.257 e. The molecule has 0 saturated carbocycles. The minimum Gasteiger partial charge on any atom is -0.495 e. The van der Waals surface area contributed by atoms with Gasteiger partial charge in [-0.2, -0.15) is 0 Å². The van der Waals surface area contributed by atoms with Gasteiger partial charge in [0, 0.05) is 11.3 Å². The number of nitrogens with one attached hydrogen (secondary N) is 1. The molecule has 26 heavy (non-hydrogen) atoms. The third-order valence-corrected chi connectivity index (χ3v) is 5.86. The molecule has 0 saturated heterocycles. The number of carbonyl (C=O) groups is 1. The summed E-state index contributed by atoms with van der Waals surface area (Å²) >= 11 is 8.98. The summed E-state index contributed by atoms with van der Waals surface area (Å²) in [6.07, 6.45) is 0. The van der Waals surface area contributed by atoms with Crippen molar-refractivity contribution in [1.29, 1.82) is 0 Å². The summed E-state index contributed by atoms with van der Waals surface area (Å²) in [6.45, 7) is 2.06. The number of hydrogen-bond donors (Lipinski definition) is 1. The first-order valence-electron chi connectivity index (χ1n) is 7.72. The maximum Gasteiger partial charge on any atom is 0.257 e. The second kappa shape index (κ2) is 8.53. The molecule has 1 aromatic heterocycles. The Hall–Kier alpha value is -2.09. The number of benzene rings is 2. The predicted molar refractivity (Wildman–Crippen MR) is 107 cm³/mol. The Morgan fingerprint density at radius 3 is 2.69 bits per heavy atom. The number of methoxy groups -OCH3 is 1. The van der Waals surface area contributed by atoms with Gasteiger partial charge in [-0.25, -0.2) is 0 Å². The summed E-state index contributed by atoms with van der Waals surface area (Å²) in [5, 5.41) is 11.7. The van der Waals surface area contributed by atoms with Gasteiger partial charge in [-0.3, -0.25) is 10.1 Å². The lowest BCUT2D eigenvalue weighted by molar-refractivity contribution is 0.102. The molecule has 1 amide bonds. The van der Waals surface area contributed by atoms with E-state index in [4.69, 9.17) is 16.3 Å². The molecule has 0 fully saturated rings. The zero-order chi connectivity index (χ0) is 18.5. The van der Waals surface area contributed by atoms with Crippen LogP contribution in [-0.2, 0) is 5.75 Å². The van der Waals surface area contributed by atoms with E-state index in [0.717, 1.165) is 10.1 Å². The van der Waals surface area contributed by atoms with E-state index in [1.165, 1.54) is 29.6 Å². The quantitative estimate of drug-likeness (QED) is 0.459. The molecule has 0 radical (unpaired) electrons. The molecular formula is C18H16ClN3O2S2. The summed E-state index contributed by atoms with van der Waals surface area (Å²) in [4.78, 5) is 12.3. The molecule has 8 heteroatoms. The first-order valence-corrected chi connectivity index (χ1v) is 9.90. The fourth-order valence-corrected chi connectivity index (χ4v) is 4.09. The molecule has 2 aromatic carbocycles. The Morgan fingerprint density at radius 2 is 2.00 bits per heavy atom. The highest BCUT2D eigenvalue weighted by Crippen LogP contribution is 2.29. The van der Waals surface area contributed by atoms with Crippen LogP contribution in [0.3, 0.4) is 0 Å². The number of ether oxygens (including phenoxy) is 1. The van der Waals surface area contributed by atoms with Crippen molar-refractivity contribution in [3.05, 3.63) is 64.2 Å². The van der Waals surface area contributed by atoms with E-state index >= 15 is 0 Å². The molecule has 1 heterocycles. The molecule has 0 unspecified atom stereocenters. The first-order chi connectivity index (χ1) is 12.5. The van der Waals surface area contributed by atoms with Gasteiger partial charge in [-0.05, 0) is 30.7 Å². The van der Waals surface area contributed by atoms with Gasteiger partial charge >= 0.3 is 0 Å². The van der Waals surface area contributed by atoms with E-state index in [1.54, 1.807) is 30.0 Å². The van der Waals surface area contributed by atoms with Crippen LogP contribution < -0.4 is 10.1 Å². The van der Waals surface area contributed by atoms with E-state index in [0.29, 0.717) is 21.5 Å². The zero-order valence-electron chi connectivity index (χ0n) is 14.2. The minimum atomic E-state index is -0.291. The van der Waals surface area contributed by atoms with Crippen molar-refractivity contribution in [2.24, 2.45) is 0 Å². The summed E-state index contributed by atoms with van der Waals surface area (Å²) in [5.74, 6) is 1.03. The zero-order valence-corrected chi connectivity index (χ0v) is 16.5. The lowest BCUT2D eigenvalue weighted by Gasteiger charge is -2.05. The number of carbonyl (C=O) groups excluding carboxylic acids is 1.